The molecule has 2 aromatic carbocycles. The number of alkyl carbamates (subject to hydrolysis) is 1. The molecule has 0 aliphatic heterocycles. The van der Waals surface area contributed by atoms with Crippen molar-refractivity contribution in [3.05, 3.63) is 71.8 Å². The average Bonchev–Trinajstić information content (AvgIpc) is 2.54. The number of carbonyl (C=O) groups is 2. The monoisotopic (exact) mass is 341 g/mol. The van der Waals surface area contributed by atoms with E-state index < -0.39 is 23.2 Å². The second kappa shape index (κ2) is 7.38. The Morgan fingerprint density at radius 2 is 1.48 bits per heavy atom. The number of hydrogen-bond acceptors (Lipinski definition) is 3. The molecule has 0 fully saturated rings. The summed E-state index contributed by atoms with van der Waals surface area (Å²) in [5.41, 5.74) is -1.06. The molecule has 0 saturated heterocycles. The van der Waals surface area contributed by atoms with Crippen LogP contribution in [0.5, 0.6) is 0 Å². The lowest BCUT2D eigenvalue weighted by atomic mass is 9.84. The largest absolute Gasteiger partial charge is 0.479 e. The van der Waals surface area contributed by atoms with Gasteiger partial charge in [0.25, 0.3) is 0 Å². The fraction of sp³-hybridized carbons (Fsp3) is 0.300. The van der Waals surface area contributed by atoms with Crippen LogP contribution in [0.15, 0.2) is 60.7 Å². The zero-order valence-corrected chi connectivity index (χ0v) is 14.7. The van der Waals surface area contributed by atoms with Gasteiger partial charge in [-0.2, -0.15) is 0 Å². The highest BCUT2D eigenvalue weighted by Crippen LogP contribution is 2.27. The third-order valence-corrected chi connectivity index (χ3v) is 3.66. The third-order valence-electron chi connectivity index (χ3n) is 3.66. The number of carbonyl (C=O) groups excluding carboxylic acids is 1. The normalized spacial score (nSPS) is 13.6. The first kappa shape index (κ1) is 18.5. The fourth-order valence-electron chi connectivity index (χ4n) is 2.57. The van der Waals surface area contributed by atoms with Gasteiger partial charge < -0.3 is 15.2 Å². The minimum Gasteiger partial charge on any atom is -0.479 e. The van der Waals surface area contributed by atoms with E-state index in [9.17, 15) is 14.7 Å². The smallest absolute Gasteiger partial charge is 0.408 e. The lowest BCUT2D eigenvalue weighted by Gasteiger charge is -2.32. The van der Waals surface area contributed by atoms with E-state index in [4.69, 9.17) is 4.74 Å². The average molecular weight is 341 g/mol. The third kappa shape index (κ3) is 4.83. The number of carboxylic acid groups (broad SMARTS) is 1. The van der Waals surface area contributed by atoms with Gasteiger partial charge in [0.05, 0.1) is 0 Å². The maximum Gasteiger partial charge on any atom is 0.408 e. The summed E-state index contributed by atoms with van der Waals surface area (Å²) < 4.78 is 5.29. The zero-order chi connectivity index (χ0) is 18.5. The van der Waals surface area contributed by atoms with Crippen molar-refractivity contribution in [1.29, 1.82) is 0 Å². The second-order valence-electron chi connectivity index (χ2n) is 6.87. The van der Waals surface area contributed by atoms with Crippen molar-refractivity contribution >= 4 is 12.1 Å². The Labute approximate surface area is 147 Å². The Balaban J connectivity index is 2.45. The van der Waals surface area contributed by atoms with Crippen LogP contribution in [-0.4, -0.2) is 22.8 Å². The summed E-state index contributed by atoms with van der Waals surface area (Å²) in [7, 11) is 0. The molecule has 0 saturated carbocycles. The maximum absolute atomic E-state index is 12.3. The van der Waals surface area contributed by atoms with E-state index in [2.05, 4.69) is 5.32 Å². The highest BCUT2D eigenvalue weighted by molar-refractivity contribution is 5.86. The molecule has 0 heterocycles. The molecule has 0 spiro atoms. The molecular formula is C20H23NO4. The lowest BCUT2D eigenvalue weighted by Crippen LogP contribution is -2.54. The van der Waals surface area contributed by atoms with Crippen molar-refractivity contribution in [3.63, 3.8) is 0 Å². The van der Waals surface area contributed by atoms with Crippen LogP contribution in [0.3, 0.4) is 0 Å². The predicted octanol–water partition coefficient (Wildman–Crippen LogP) is 3.73. The van der Waals surface area contributed by atoms with E-state index in [0.29, 0.717) is 5.56 Å². The van der Waals surface area contributed by atoms with E-state index in [1.807, 2.05) is 30.3 Å². The van der Waals surface area contributed by atoms with Crippen molar-refractivity contribution in [3.8, 4) is 0 Å². The van der Waals surface area contributed by atoms with Crippen LogP contribution >= 0.6 is 0 Å². The molecule has 0 radical (unpaired) electrons. The minimum absolute atomic E-state index is 0.104. The second-order valence-corrected chi connectivity index (χ2v) is 6.87. The summed E-state index contributed by atoms with van der Waals surface area (Å²) in [6.45, 7) is 5.19. The number of amides is 1. The van der Waals surface area contributed by atoms with Crippen LogP contribution in [0.4, 0.5) is 4.79 Å². The van der Waals surface area contributed by atoms with E-state index in [1.165, 1.54) is 0 Å². The Morgan fingerprint density at radius 1 is 0.960 bits per heavy atom. The van der Waals surface area contributed by atoms with E-state index >= 15 is 0 Å². The Hall–Kier alpha value is -2.82. The fourth-order valence-corrected chi connectivity index (χ4v) is 2.57. The van der Waals surface area contributed by atoms with Gasteiger partial charge in [0, 0.05) is 6.42 Å². The van der Waals surface area contributed by atoms with Crippen molar-refractivity contribution in [2.45, 2.75) is 38.3 Å². The molecule has 2 N–H and O–H groups in total. The number of ether oxygens (including phenoxy) is 1. The molecule has 2 aromatic rings. The van der Waals surface area contributed by atoms with Gasteiger partial charge in [-0.05, 0) is 31.9 Å². The van der Waals surface area contributed by atoms with Gasteiger partial charge in [-0.15, -0.1) is 0 Å². The molecule has 1 amide bonds. The molecular weight excluding hydrogens is 318 g/mol. The summed E-state index contributed by atoms with van der Waals surface area (Å²) >= 11 is 0. The zero-order valence-electron chi connectivity index (χ0n) is 14.7. The summed E-state index contributed by atoms with van der Waals surface area (Å²) in [5, 5.41) is 12.6. The molecule has 1 atom stereocenters. The first-order valence-electron chi connectivity index (χ1n) is 8.07. The highest BCUT2D eigenvalue weighted by Gasteiger charge is 2.43. The first-order valence-corrected chi connectivity index (χ1v) is 8.07. The Kier molecular flexibility index (Phi) is 5.47. The maximum atomic E-state index is 12.3. The molecule has 1 unspecified atom stereocenters. The molecule has 0 aromatic heterocycles. The molecule has 5 nitrogen and oxygen atoms in total. The summed E-state index contributed by atoms with van der Waals surface area (Å²) in [6.07, 6.45) is -0.665. The van der Waals surface area contributed by atoms with Crippen LogP contribution in [0.25, 0.3) is 0 Å². The van der Waals surface area contributed by atoms with Gasteiger partial charge in [-0.25, -0.2) is 9.59 Å². The standard InChI is InChI=1S/C20H23NO4/c1-19(2,3)25-18(24)21-20(17(22)23,16-12-8-5-9-13-16)14-15-10-6-4-7-11-15/h4-13H,14H2,1-3H3,(H,21,24)(H,22,23). The van der Waals surface area contributed by atoms with E-state index in [-0.39, 0.29) is 6.42 Å². The van der Waals surface area contributed by atoms with Gasteiger partial charge in [-0.3, -0.25) is 0 Å². The molecule has 2 rings (SSSR count). The number of carboxylic acids is 1. The molecule has 5 heteroatoms. The van der Waals surface area contributed by atoms with Gasteiger partial charge in [0.15, 0.2) is 5.54 Å². The molecule has 0 bridgehead atoms. The molecule has 25 heavy (non-hydrogen) atoms. The first-order chi connectivity index (χ1) is 11.7. The van der Waals surface area contributed by atoms with Crippen molar-refractivity contribution in [2.75, 3.05) is 0 Å². The molecule has 0 aliphatic rings. The SMILES string of the molecule is CC(C)(C)OC(=O)NC(Cc1ccccc1)(C(=O)O)c1ccccc1. The van der Waals surface area contributed by atoms with Gasteiger partial charge in [-0.1, -0.05) is 60.7 Å². The highest BCUT2D eigenvalue weighted by atomic mass is 16.6. The Bertz CT molecular complexity index is 722. The molecule has 0 aliphatic carbocycles. The van der Waals surface area contributed by atoms with Crippen molar-refractivity contribution in [2.24, 2.45) is 0 Å². The summed E-state index contributed by atoms with van der Waals surface area (Å²) in [6, 6.07) is 17.9. The number of nitrogens with one attached hydrogen (secondary N) is 1. The van der Waals surface area contributed by atoms with Gasteiger partial charge in [0.1, 0.15) is 5.60 Å². The molecule has 132 valence electrons. The van der Waals surface area contributed by atoms with Crippen LogP contribution in [0.1, 0.15) is 31.9 Å². The van der Waals surface area contributed by atoms with E-state index in [1.54, 1.807) is 51.1 Å². The van der Waals surface area contributed by atoms with E-state index in [0.717, 1.165) is 5.56 Å². The van der Waals surface area contributed by atoms with Crippen molar-refractivity contribution in [1.82, 2.24) is 5.32 Å². The number of rotatable bonds is 5. The number of aliphatic carboxylic acids is 1. The van der Waals surface area contributed by atoms with Gasteiger partial charge >= 0.3 is 12.1 Å². The van der Waals surface area contributed by atoms with Crippen LogP contribution < -0.4 is 5.32 Å². The predicted molar refractivity (Wildman–Crippen MR) is 95.3 cm³/mol. The van der Waals surface area contributed by atoms with Gasteiger partial charge in [0.2, 0.25) is 0 Å². The Morgan fingerprint density at radius 3 is 1.96 bits per heavy atom. The van der Waals surface area contributed by atoms with Crippen LogP contribution in [0, 0.1) is 0 Å². The summed E-state index contributed by atoms with van der Waals surface area (Å²) in [4.78, 5) is 24.6. The van der Waals surface area contributed by atoms with Crippen LogP contribution in [0.2, 0.25) is 0 Å². The lowest BCUT2D eigenvalue weighted by molar-refractivity contribution is -0.145. The number of benzene rings is 2. The summed E-state index contributed by atoms with van der Waals surface area (Å²) in [5.74, 6) is -1.14. The minimum atomic E-state index is -1.62. The number of hydrogen-bond donors (Lipinski definition) is 2. The van der Waals surface area contributed by atoms with Crippen molar-refractivity contribution < 1.29 is 19.4 Å². The quantitative estimate of drug-likeness (QED) is 0.869. The topological polar surface area (TPSA) is 75.6 Å². The van der Waals surface area contributed by atoms with Crippen LogP contribution in [-0.2, 0) is 21.5 Å².